The van der Waals surface area contributed by atoms with Gasteiger partial charge in [0.05, 0.1) is 5.56 Å². The third kappa shape index (κ3) is 4.84. The molecule has 0 aliphatic rings. The molecule has 2 aromatic carbocycles. The number of benzene rings is 2. The smallest absolute Gasteiger partial charge is 0.343 e. The fourth-order valence-corrected chi connectivity index (χ4v) is 1.82. The molecule has 0 radical (unpaired) electrons. The summed E-state index contributed by atoms with van der Waals surface area (Å²) in [5.74, 6) is -0.528. The first kappa shape index (κ1) is 17.0. The van der Waals surface area contributed by atoms with Gasteiger partial charge in [-0.15, -0.1) is 0 Å². The molecule has 0 saturated heterocycles. The molecule has 0 atom stereocenters. The number of carbonyl (C=O) groups excluding carboxylic acids is 2. The van der Waals surface area contributed by atoms with Gasteiger partial charge in [0.15, 0.2) is 5.96 Å². The summed E-state index contributed by atoms with van der Waals surface area (Å²) in [7, 11) is 0. The lowest BCUT2D eigenvalue weighted by molar-refractivity contribution is -0.134. The normalized spacial score (nSPS) is 9.88. The molecule has 2 aromatic rings. The second-order valence-electron chi connectivity index (χ2n) is 4.81. The van der Waals surface area contributed by atoms with E-state index in [-0.39, 0.29) is 24.1 Å². The van der Waals surface area contributed by atoms with Gasteiger partial charge >= 0.3 is 11.9 Å². The van der Waals surface area contributed by atoms with E-state index in [4.69, 9.17) is 20.6 Å². The molecule has 0 bridgehead atoms. The van der Waals surface area contributed by atoms with Gasteiger partial charge in [-0.1, -0.05) is 13.0 Å². The molecule has 0 amide bonds. The number of nitrogens with one attached hydrogen (secondary N) is 2. The van der Waals surface area contributed by atoms with Gasteiger partial charge in [0.1, 0.15) is 11.5 Å². The van der Waals surface area contributed by atoms with Crippen molar-refractivity contribution in [2.24, 2.45) is 5.73 Å². The minimum Gasteiger partial charge on any atom is -0.426 e. The van der Waals surface area contributed by atoms with E-state index in [1.807, 2.05) is 0 Å². The number of hydrogen-bond donors (Lipinski definition) is 3. The number of guanidine groups is 1. The second kappa shape index (κ2) is 7.77. The maximum Gasteiger partial charge on any atom is 0.343 e. The summed E-state index contributed by atoms with van der Waals surface area (Å²) in [6, 6.07) is 12.6. The summed E-state index contributed by atoms with van der Waals surface area (Å²) in [4.78, 5) is 23.4. The molecule has 0 heterocycles. The van der Waals surface area contributed by atoms with Crippen LogP contribution in [0.15, 0.2) is 48.5 Å². The molecule has 0 aliphatic heterocycles. The van der Waals surface area contributed by atoms with Crippen molar-refractivity contribution >= 4 is 23.6 Å². The van der Waals surface area contributed by atoms with Crippen molar-refractivity contribution < 1.29 is 19.1 Å². The van der Waals surface area contributed by atoms with E-state index in [9.17, 15) is 9.59 Å². The fraction of sp³-hybridized carbons (Fsp3) is 0.118. The number of anilines is 1. The van der Waals surface area contributed by atoms with E-state index in [0.29, 0.717) is 17.0 Å². The van der Waals surface area contributed by atoms with Crippen LogP contribution in [-0.4, -0.2) is 17.9 Å². The minimum absolute atomic E-state index is 0.191. The van der Waals surface area contributed by atoms with Gasteiger partial charge in [-0.25, -0.2) is 4.79 Å². The maximum absolute atomic E-state index is 12.1. The second-order valence-corrected chi connectivity index (χ2v) is 4.81. The predicted molar refractivity (Wildman–Crippen MR) is 89.3 cm³/mol. The standard InChI is InChI=1S/C17H17N3O4/c1-2-15(21)23-13-4-3-5-14(10-13)24-16(22)11-6-8-12(9-7-11)20-17(18)19/h3-10H,2H2,1H3,(H4,18,19,20). The Kier molecular flexibility index (Phi) is 5.51. The average Bonchev–Trinajstić information content (AvgIpc) is 2.55. The monoisotopic (exact) mass is 327 g/mol. The van der Waals surface area contributed by atoms with Gasteiger partial charge in [0.2, 0.25) is 0 Å². The van der Waals surface area contributed by atoms with Gasteiger partial charge in [0.25, 0.3) is 0 Å². The molecular weight excluding hydrogens is 310 g/mol. The molecule has 0 aromatic heterocycles. The zero-order chi connectivity index (χ0) is 17.5. The summed E-state index contributed by atoms with van der Waals surface area (Å²) in [5, 5.41) is 9.75. The van der Waals surface area contributed by atoms with Crippen LogP contribution in [0.25, 0.3) is 0 Å². The Hall–Kier alpha value is -3.35. The van der Waals surface area contributed by atoms with Crippen LogP contribution in [0.2, 0.25) is 0 Å². The number of hydrogen-bond acceptors (Lipinski definition) is 5. The SMILES string of the molecule is CCC(=O)Oc1cccc(OC(=O)c2ccc(NC(=N)N)cc2)c1. The maximum atomic E-state index is 12.1. The van der Waals surface area contributed by atoms with Crippen LogP contribution in [0, 0.1) is 5.41 Å². The average molecular weight is 327 g/mol. The highest BCUT2D eigenvalue weighted by Gasteiger charge is 2.10. The lowest BCUT2D eigenvalue weighted by Gasteiger charge is -2.08. The Morgan fingerprint density at radius 3 is 2.29 bits per heavy atom. The molecule has 2 rings (SSSR count). The van der Waals surface area contributed by atoms with Crippen LogP contribution in [0.5, 0.6) is 11.5 Å². The molecule has 0 spiro atoms. The van der Waals surface area contributed by atoms with E-state index in [1.165, 1.54) is 6.07 Å². The zero-order valence-electron chi connectivity index (χ0n) is 13.0. The quantitative estimate of drug-likeness (QED) is 0.336. The molecule has 7 heteroatoms. The number of nitrogens with two attached hydrogens (primary N) is 1. The van der Waals surface area contributed by atoms with Crippen molar-refractivity contribution in [3.63, 3.8) is 0 Å². The molecule has 124 valence electrons. The largest absolute Gasteiger partial charge is 0.426 e. The third-order valence-electron chi connectivity index (χ3n) is 2.94. The van der Waals surface area contributed by atoms with Crippen molar-refractivity contribution in [1.82, 2.24) is 0 Å². The Labute approximate surface area is 138 Å². The van der Waals surface area contributed by atoms with Crippen LogP contribution >= 0.6 is 0 Å². The predicted octanol–water partition coefficient (Wildman–Crippen LogP) is 2.53. The highest BCUT2D eigenvalue weighted by atomic mass is 16.5. The van der Waals surface area contributed by atoms with E-state index >= 15 is 0 Å². The molecule has 4 N–H and O–H groups in total. The van der Waals surface area contributed by atoms with Crippen LogP contribution < -0.4 is 20.5 Å². The first-order valence-electron chi connectivity index (χ1n) is 7.22. The molecule has 0 unspecified atom stereocenters. The van der Waals surface area contributed by atoms with Gasteiger partial charge in [-0.05, 0) is 36.4 Å². The van der Waals surface area contributed by atoms with E-state index in [2.05, 4.69) is 5.32 Å². The minimum atomic E-state index is -0.552. The Bertz CT molecular complexity index is 757. The first-order chi connectivity index (χ1) is 11.5. The van der Waals surface area contributed by atoms with Crippen LogP contribution in [0.4, 0.5) is 5.69 Å². The number of carbonyl (C=O) groups is 2. The summed E-state index contributed by atoms with van der Waals surface area (Å²) in [6.45, 7) is 1.69. The Balaban J connectivity index is 2.05. The van der Waals surface area contributed by atoms with E-state index < -0.39 is 5.97 Å². The molecule has 7 nitrogen and oxygen atoms in total. The summed E-state index contributed by atoms with van der Waals surface area (Å²) < 4.78 is 10.3. The first-order valence-corrected chi connectivity index (χ1v) is 7.22. The van der Waals surface area contributed by atoms with Crippen LogP contribution in [-0.2, 0) is 4.79 Å². The van der Waals surface area contributed by atoms with Gasteiger partial charge in [-0.2, -0.15) is 0 Å². The summed E-state index contributed by atoms with van der Waals surface area (Å²) in [5.41, 5.74) is 6.15. The van der Waals surface area contributed by atoms with Gasteiger partial charge in [-0.3, -0.25) is 10.2 Å². The molecule has 24 heavy (non-hydrogen) atoms. The Morgan fingerprint density at radius 2 is 1.71 bits per heavy atom. The molecular formula is C17H17N3O4. The lowest BCUT2D eigenvalue weighted by atomic mass is 10.2. The summed E-state index contributed by atoms with van der Waals surface area (Å²) in [6.07, 6.45) is 0.255. The fourth-order valence-electron chi connectivity index (χ4n) is 1.82. The zero-order valence-corrected chi connectivity index (χ0v) is 13.0. The molecule has 0 aliphatic carbocycles. The number of ether oxygens (including phenoxy) is 2. The molecule has 0 fully saturated rings. The number of rotatable bonds is 5. The topological polar surface area (TPSA) is 114 Å². The third-order valence-corrected chi connectivity index (χ3v) is 2.94. The van der Waals surface area contributed by atoms with Crippen LogP contribution in [0.1, 0.15) is 23.7 Å². The summed E-state index contributed by atoms with van der Waals surface area (Å²) >= 11 is 0. The van der Waals surface area contributed by atoms with Crippen LogP contribution in [0.3, 0.4) is 0 Å². The van der Waals surface area contributed by atoms with E-state index in [0.717, 1.165) is 0 Å². The van der Waals surface area contributed by atoms with Crippen molar-refractivity contribution in [1.29, 1.82) is 5.41 Å². The van der Waals surface area contributed by atoms with Crippen molar-refractivity contribution in [2.45, 2.75) is 13.3 Å². The lowest BCUT2D eigenvalue weighted by Crippen LogP contribution is -2.20. The van der Waals surface area contributed by atoms with Gasteiger partial charge < -0.3 is 20.5 Å². The Morgan fingerprint density at radius 1 is 1.08 bits per heavy atom. The molecule has 0 saturated carbocycles. The van der Waals surface area contributed by atoms with Crippen molar-refractivity contribution in [3.05, 3.63) is 54.1 Å². The van der Waals surface area contributed by atoms with Crippen molar-refractivity contribution in [3.8, 4) is 11.5 Å². The van der Waals surface area contributed by atoms with Crippen molar-refractivity contribution in [2.75, 3.05) is 5.32 Å². The van der Waals surface area contributed by atoms with E-state index in [1.54, 1.807) is 49.4 Å². The number of esters is 2. The highest BCUT2D eigenvalue weighted by molar-refractivity contribution is 5.93. The van der Waals surface area contributed by atoms with Gasteiger partial charge in [0, 0.05) is 18.2 Å². The highest BCUT2D eigenvalue weighted by Crippen LogP contribution is 2.21.